The van der Waals surface area contributed by atoms with Crippen molar-refractivity contribution in [3.05, 3.63) is 11.9 Å². The van der Waals surface area contributed by atoms with Gasteiger partial charge in [-0.3, -0.25) is 9.48 Å². The molecule has 124 valence electrons. The molecule has 1 aliphatic rings. The number of amides is 1. The van der Waals surface area contributed by atoms with Crippen molar-refractivity contribution < 1.29 is 19.7 Å². The third kappa shape index (κ3) is 3.82. The predicted octanol–water partition coefficient (Wildman–Crippen LogP) is -0.693. The zero-order valence-electron chi connectivity index (χ0n) is 13.1. The normalized spacial score (nSPS) is 28.3. The first-order valence-electron chi connectivity index (χ1n) is 7.46. The summed E-state index contributed by atoms with van der Waals surface area (Å²) in [7, 11) is 1.58. The van der Waals surface area contributed by atoms with Crippen LogP contribution >= 0.6 is 0 Å². The van der Waals surface area contributed by atoms with Crippen LogP contribution in [0.1, 0.15) is 26.0 Å². The van der Waals surface area contributed by atoms with Crippen LogP contribution in [0, 0.1) is 11.8 Å². The van der Waals surface area contributed by atoms with Crippen molar-refractivity contribution in [3.8, 4) is 0 Å². The minimum absolute atomic E-state index is 0.125. The van der Waals surface area contributed by atoms with Gasteiger partial charge >= 0.3 is 0 Å². The summed E-state index contributed by atoms with van der Waals surface area (Å²) < 4.78 is 6.61. The lowest BCUT2D eigenvalue weighted by molar-refractivity contribution is -0.125. The lowest BCUT2D eigenvalue weighted by Crippen LogP contribution is -2.44. The summed E-state index contributed by atoms with van der Waals surface area (Å²) >= 11 is 0. The van der Waals surface area contributed by atoms with E-state index in [0.29, 0.717) is 25.3 Å². The van der Waals surface area contributed by atoms with Crippen molar-refractivity contribution in [2.75, 3.05) is 7.11 Å². The maximum absolute atomic E-state index is 11.7. The van der Waals surface area contributed by atoms with Gasteiger partial charge in [-0.1, -0.05) is 19.1 Å². The summed E-state index contributed by atoms with van der Waals surface area (Å²) in [4.78, 5) is 11.7. The summed E-state index contributed by atoms with van der Waals surface area (Å²) in [5.41, 5.74) is 0.709. The molecule has 8 heteroatoms. The van der Waals surface area contributed by atoms with Gasteiger partial charge in [-0.25, -0.2) is 0 Å². The molecule has 0 spiro atoms. The van der Waals surface area contributed by atoms with Crippen LogP contribution in [-0.4, -0.2) is 56.5 Å². The Bertz CT molecular complexity index is 505. The van der Waals surface area contributed by atoms with Gasteiger partial charge in [-0.05, 0) is 6.42 Å². The molecule has 1 amide bonds. The Balaban J connectivity index is 1.95. The zero-order valence-corrected chi connectivity index (χ0v) is 13.1. The molecule has 1 saturated carbocycles. The molecule has 0 radical (unpaired) electrons. The van der Waals surface area contributed by atoms with Crippen LogP contribution in [0.3, 0.4) is 0 Å². The van der Waals surface area contributed by atoms with E-state index in [1.54, 1.807) is 31.8 Å². The van der Waals surface area contributed by atoms with Crippen molar-refractivity contribution in [1.82, 2.24) is 20.3 Å². The van der Waals surface area contributed by atoms with Gasteiger partial charge in [0.1, 0.15) is 11.8 Å². The molecule has 4 atom stereocenters. The molecule has 22 heavy (non-hydrogen) atoms. The Kier molecular flexibility index (Phi) is 5.49. The van der Waals surface area contributed by atoms with Gasteiger partial charge in [-0.2, -0.15) is 0 Å². The number of hydrogen-bond donors (Lipinski definition) is 3. The smallest absolute Gasteiger partial charge is 0.222 e. The van der Waals surface area contributed by atoms with Crippen LogP contribution in [0.5, 0.6) is 0 Å². The average molecular weight is 312 g/mol. The summed E-state index contributed by atoms with van der Waals surface area (Å²) in [5.74, 6) is -0.472. The number of methoxy groups -OCH3 is 1. The summed E-state index contributed by atoms with van der Waals surface area (Å²) in [5, 5.41) is 31.0. The average Bonchev–Trinajstić information content (AvgIpc) is 3.00. The van der Waals surface area contributed by atoms with Crippen molar-refractivity contribution in [2.45, 2.75) is 51.7 Å². The minimum Gasteiger partial charge on any atom is -0.390 e. The highest BCUT2D eigenvalue weighted by atomic mass is 16.5. The summed E-state index contributed by atoms with van der Waals surface area (Å²) in [6.45, 7) is 4.39. The molecule has 1 heterocycles. The number of ether oxygens (including phenoxy) is 1. The lowest BCUT2D eigenvalue weighted by Gasteiger charge is -2.19. The van der Waals surface area contributed by atoms with Gasteiger partial charge in [0.15, 0.2) is 0 Å². The first-order chi connectivity index (χ1) is 10.4. The van der Waals surface area contributed by atoms with E-state index in [9.17, 15) is 15.0 Å². The van der Waals surface area contributed by atoms with Crippen LogP contribution in [0.15, 0.2) is 6.20 Å². The van der Waals surface area contributed by atoms with E-state index >= 15 is 0 Å². The molecule has 0 aromatic carbocycles. The molecule has 1 aromatic heterocycles. The molecule has 3 N–H and O–H groups in total. The fourth-order valence-electron chi connectivity index (χ4n) is 2.68. The molecule has 0 unspecified atom stereocenters. The van der Waals surface area contributed by atoms with E-state index in [1.165, 1.54) is 0 Å². The molecule has 0 aliphatic heterocycles. The van der Waals surface area contributed by atoms with Crippen LogP contribution in [0.4, 0.5) is 0 Å². The third-order valence-corrected chi connectivity index (χ3v) is 3.95. The van der Waals surface area contributed by atoms with Crippen LogP contribution in [-0.2, 0) is 22.7 Å². The second-order valence-corrected chi connectivity index (χ2v) is 6.11. The van der Waals surface area contributed by atoms with Gasteiger partial charge in [0.2, 0.25) is 5.91 Å². The third-order valence-electron chi connectivity index (χ3n) is 3.95. The standard InChI is InChI=1S/C14H24N4O4/c1-8(2)14(21)15-11-4-9(12(19)13(11)20)5-18-6-10(7-22-3)16-17-18/h6,8-9,11-13,19-20H,4-5,7H2,1-3H3,(H,15,21)/t9-,11-,12-,13+/m1/s1. The van der Waals surface area contributed by atoms with Crippen molar-refractivity contribution in [1.29, 1.82) is 0 Å². The molecular formula is C14H24N4O4. The number of rotatable bonds is 6. The number of aromatic nitrogens is 3. The first-order valence-corrected chi connectivity index (χ1v) is 7.46. The van der Waals surface area contributed by atoms with E-state index in [2.05, 4.69) is 15.6 Å². The maximum atomic E-state index is 11.7. The number of aliphatic hydroxyl groups excluding tert-OH is 2. The van der Waals surface area contributed by atoms with E-state index in [0.717, 1.165) is 0 Å². The van der Waals surface area contributed by atoms with Gasteiger partial charge < -0.3 is 20.3 Å². The molecule has 1 fully saturated rings. The van der Waals surface area contributed by atoms with Gasteiger partial charge in [0.05, 0.1) is 24.9 Å². The number of carbonyl (C=O) groups is 1. The number of carbonyl (C=O) groups excluding carboxylic acids is 1. The highest BCUT2D eigenvalue weighted by Crippen LogP contribution is 2.28. The van der Waals surface area contributed by atoms with Crippen LogP contribution in [0.25, 0.3) is 0 Å². The zero-order chi connectivity index (χ0) is 16.3. The highest BCUT2D eigenvalue weighted by Gasteiger charge is 2.42. The van der Waals surface area contributed by atoms with Crippen molar-refractivity contribution in [2.24, 2.45) is 11.8 Å². The van der Waals surface area contributed by atoms with E-state index in [4.69, 9.17) is 4.74 Å². The molecule has 2 rings (SSSR count). The molecular weight excluding hydrogens is 288 g/mol. The fourth-order valence-corrected chi connectivity index (χ4v) is 2.68. The van der Waals surface area contributed by atoms with Gasteiger partial charge in [0, 0.05) is 25.5 Å². The van der Waals surface area contributed by atoms with E-state index in [1.807, 2.05) is 0 Å². The first kappa shape index (κ1) is 16.9. The maximum Gasteiger partial charge on any atom is 0.222 e. The highest BCUT2D eigenvalue weighted by molar-refractivity contribution is 5.78. The SMILES string of the molecule is COCc1cn(C[C@H]2C[C@@H](NC(=O)C(C)C)[C@H](O)[C@@H]2O)nn1. The molecule has 1 aliphatic carbocycles. The van der Waals surface area contributed by atoms with Crippen LogP contribution < -0.4 is 5.32 Å². The van der Waals surface area contributed by atoms with Crippen molar-refractivity contribution >= 4 is 5.91 Å². The summed E-state index contributed by atoms with van der Waals surface area (Å²) in [6.07, 6.45) is 0.394. The lowest BCUT2D eigenvalue weighted by atomic mass is 10.1. The van der Waals surface area contributed by atoms with Crippen molar-refractivity contribution in [3.63, 3.8) is 0 Å². The second-order valence-electron chi connectivity index (χ2n) is 6.11. The fraction of sp³-hybridized carbons (Fsp3) is 0.786. The molecule has 0 bridgehead atoms. The molecule has 1 aromatic rings. The molecule has 0 saturated heterocycles. The monoisotopic (exact) mass is 312 g/mol. The molecule has 8 nitrogen and oxygen atoms in total. The predicted molar refractivity (Wildman–Crippen MR) is 77.6 cm³/mol. The number of hydrogen-bond acceptors (Lipinski definition) is 6. The Labute approximate surface area is 129 Å². The van der Waals surface area contributed by atoms with E-state index in [-0.39, 0.29) is 17.7 Å². The van der Waals surface area contributed by atoms with E-state index < -0.39 is 18.2 Å². The number of nitrogens with zero attached hydrogens (tertiary/aromatic N) is 3. The largest absolute Gasteiger partial charge is 0.390 e. The topological polar surface area (TPSA) is 110 Å². The number of aliphatic hydroxyl groups is 2. The Morgan fingerprint density at radius 3 is 2.86 bits per heavy atom. The Hall–Kier alpha value is -1.51. The minimum atomic E-state index is -0.963. The Morgan fingerprint density at radius 1 is 1.50 bits per heavy atom. The second kappa shape index (κ2) is 7.17. The summed E-state index contributed by atoms with van der Waals surface area (Å²) in [6, 6.07) is -0.433. The van der Waals surface area contributed by atoms with Crippen LogP contribution in [0.2, 0.25) is 0 Å². The van der Waals surface area contributed by atoms with Gasteiger partial charge in [-0.15, -0.1) is 5.10 Å². The van der Waals surface area contributed by atoms with Gasteiger partial charge in [0.25, 0.3) is 0 Å². The quantitative estimate of drug-likeness (QED) is 0.641. The Morgan fingerprint density at radius 2 is 2.23 bits per heavy atom. The number of nitrogens with one attached hydrogen (secondary N) is 1.